The number of ether oxygens (including phenoxy) is 11. The van der Waals surface area contributed by atoms with Crippen molar-refractivity contribution in [2.24, 2.45) is 0 Å². The highest BCUT2D eigenvalue weighted by molar-refractivity contribution is 5.17. The highest BCUT2D eigenvalue weighted by atomic mass is 16.9. The van der Waals surface area contributed by atoms with Crippen LogP contribution < -0.4 is 0 Å². The van der Waals surface area contributed by atoms with Gasteiger partial charge in [0.05, 0.1) is 19.8 Å². The van der Waals surface area contributed by atoms with Crippen molar-refractivity contribution in [2.45, 2.75) is 114 Å². The number of methoxy groups -OCH3 is 1. The number of hydrogen-bond acceptors (Lipinski definition) is 11. The second kappa shape index (κ2) is 12.3. The summed E-state index contributed by atoms with van der Waals surface area (Å²) in [5.41, 5.74) is 1.91. The van der Waals surface area contributed by atoms with Gasteiger partial charge in [0.15, 0.2) is 30.4 Å². The first-order valence-corrected chi connectivity index (χ1v) is 15.3. The third kappa shape index (κ3) is 6.21. The standard InChI is InChI=1S/C33H42O11/c1-32(2)37-18-22(42-32)24-26(28-31(41-24)44-33(3,4)43-28)39-25-23-21(17-36-29(40-23)20-14-10-7-11-15-20)38-30(34-5)27(25)35-16-19-12-8-6-9-13-19/h6-15,21-31H,16-18H2,1-5H3/t21-,22-,23-,24-,25+,26+,27-,28-,29-,30+,31-/m1/s1. The second-order valence-electron chi connectivity index (χ2n) is 12.7. The molecular weight excluding hydrogens is 572 g/mol. The Bertz CT molecular complexity index is 1240. The lowest BCUT2D eigenvalue weighted by Gasteiger charge is -2.49. The van der Waals surface area contributed by atoms with Gasteiger partial charge in [-0.05, 0) is 33.3 Å². The summed E-state index contributed by atoms with van der Waals surface area (Å²) in [6.07, 6.45) is -6.42. The van der Waals surface area contributed by atoms with Crippen molar-refractivity contribution in [3.8, 4) is 0 Å². The van der Waals surface area contributed by atoms with Crippen LogP contribution in [0.2, 0.25) is 0 Å². The topological polar surface area (TPSA) is 102 Å². The maximum atomic E-state index is 7.11. The molecule has 11 heteroatoms. The minimum Gasteiger partial charge on any atom is -0.365 e. The average molecular weight is 615 g/mol. The van der Waals surface area contributed by atoms with Gasteiger partial charge in [0.25, 0.3) is 0 Å². The zero-order valence-corrected chi connectivity index (χ0v) is 25.7. The van der Waals surface area contributed by atoms with Crippen LogP contribution in [0.5, 0.6) is 0 Å². The Morgan fingerprint density at radius 1 is 0.705 bits per heavy atom. The van der Waals surface area contributed by atoms with Crippen LogP contribution in [0.1, 0.15) is 45.1 Å². The quantitative estimate of drug-likeness (QED) is 0.434. The fourth-order valence-corrected chi connectivity index (χ4v) is 6.63. The number of benzene rings is 2. The van der Waals surface area contributed by atoms with Gasteiger partial charge in [-0.25, -0.2) is 0 Å². The summed E-state index contributed by atoms with van der Waals surface area (Å²) in [4.78, 5) is 0. The Balaban J connectivity index is 1.21. The molecule has 0 N–H and O–H groups in total. The van der Waals surface area contributed by atoms with Crippen molar-refractivity contribution in [1.82, 2.24) is 0 Å². The van der Waals surface area contributed by atoms with Gasteiger partial charge >= 0.3 is 0 Å². The van der Waals surface area contributed by atoms with E-state index in [1.54, 1.807) is 7.11 Å². The minimum absolute atomic E-state index is 0.284. The molecule has 0 amide bonds. The molecule has 0 saturated carbocycles. The van der Waals surface area contributed by atoms with E-state index in [9.17, 15) is 0 Å². The van der Waals surface area contributed by atoms with E-state index in [1.807, 2.05) is 88.4 Å². The molecule has 0 aromatic heterocycles. The van der Waals surface area contributed by atoms with Crippen LogP contribution in [-0.4, -0.2) is 93.3 Å². The van der Waals surface area contributed by atoms with Gasteiger partial charge in [0.2, 0.25) is 0 Å². The molecule has 240 valence electrons. The third-order valence-electron chi connectivity index (χ3n) is 8.61. The van der Waals surface area contributed by atoms with Crippen molar-refractivity contribution in [3.05, 3.63) is 71.8 Å². The molecule has 11 atom stereocenters. The summed E-state index contributed by atoms with van der Waals surface area (Å²) in [6, 6.07) is 19.8. The van der Waals surface area contributed by atoms with E-state index < -0.39 is 79.3 Å². The highest BCUT2D eigenvalue weighted by Crippen LogP contribution is 2.45. The summed E-state index contributed by atoms with van der Waals surface area (Å²) in [6.45, 7) is 8.44. The molecule has 44 heavy (non-hydrogen) atoms. The minimum atomic E-state index is -0.849. The molecule has 5 aliphatic heterocycles. The van der Waals surface area contributed by atoms with Gasteiger partial charge in [-0.2, -0.15) is 0 Å². The molecule has 2 aromatic carbocycles. The van der Waals surface area contributed by atoms with Crippen molar-refractivity contribution in [2.75, 3.05) is 20.3 Å². The predicted octanol–water partition coefficient (Wildman–Crippen LogP) is 3.84. The zero-order valence-electron chi connectivity index (χ0n) is 25.7. The SMILES string of the molecule is CO[C@H]1O[C@@H]2CO[C@@H](c3ccccc3)O[C@H]2[C@H](O[C@@H]2[C@H]3OC(C)(C)O[C@H]3O[C@@H]2[C@H]2COC(C)(C)O2)[C@H]1OCc1ccccc1. The molecule has 7 rings (SSSR count). The summed E-state index contributed by atoms with van der Waals surface area (Å²) >= 11 is 0. The van der Waals surface area contributed by atoms with Crippen LogP contribution in [0.25, 0.3) is 0 Å². The van der Waals surface area contributed by atoms with E-state index >= 15 is 0 Å². The lowest BCUT2D eigenvalue weighted by atomic mass is 9.96. The first-order chi connectivity index (χ1) is 21.2. The maximum absolute atomic E-state index is 7.11. The van der Waals surface area contributed by atoms with E-state index in [0.717, 1.165) is 11.1 Å². The number of fused-ring (bicyclic) bond motifs is 2. The van der Waals surface area contributed by atoms with Gasteiger partial charge < -0.3 is 52.1 Å². The van der Waals surface area contributed by atoms with Crippen molar-refractivity contribution in [3.63, 3.8) is 0 Å². The molecule has 11 nitrogen and oxygen atoms in total. The van der Waals surface area contributed by atoms with Crippen molar-refractivity contribution < 1.29 is 52.1 Å². The summed E-state index contributed by atoms with van der Waals surface area (Å²) in [7, 11) is 1.60. The average Bonchev–Trinajstić information content (AvgIpc) is 3.65. The maximum Gasteiger partial charge on any atom is 0.190 e. The Labute approximate surface area is 257 Å². The van der Waals surface area contributed by atoms with Crippen molar-refractivity contribution in [1.29, 1.82) is 0 Å². The number of rotatable bonds is 8. The Morgan fingerprint density at radius 3 is 2.14 bits per heavy atom. The molecule has 0 radical (unpaired) electrons. The molecule has 0 spiro atoms. The normalized spacial score (nSPS) is 40.9. The molecule has 0 aliphatic carbocycles. The van der Waals surface area contributed by atoms with Crippen molar-refractivity contribution >= 4 is 0 Å². The van der Waals surface area contributed by atoms with E-state index in [1.165, 1.54) is 0 Å². The summed E-state index contributed by atoms with van der Waals surface area (Å²) in [5, 5.41) is 0. The molecule has 0 unspecified atom stereocenters. The Kier molecular flexibility index (Phi) is 8.57. The predicted molar refractivity (Wildman–Crippen MR) is 153 cm³/mol. The molecule has 5 aliphatic rings. The monoisotopic (exact) mass is 614 g/mol. The van der Waals surface area contributed by atoms with E-state index in [0.29, 0.717) is 13.2 Å². The van der Waals surface area contributed by atoms with Crippen LogP contribution in [0, 0.1) is 0 Å². The van der Waals surface area contributed by atoms with Crippen LogP contribution >= 0.6 is 0 Å². The summed E-state index contributed by atoms with van der Waals surface area (Å²) in [5.74, 6) is -1.60. The molecule has 2 aromatic rings. The van der Waals surface area contributed by atoms with Gasteiger partial charge in [-0.1, -0.05) is 60.7 Å². The van der Waals surface area contributed by atoms with Crippen LogP contribution in [0.15, 0.2) is 60.7 Å². The fourth-order valence-electron chi connectivity index (χ4n) is 6.63. The zero-order chi connectivity index (χ0) is 30.5. The van der Waals surface area contributed by atoms with Crippen LogP contribution in [-0.2, 0) is 58.7 Å². The first-order valence-electron chi connectivity index (χ1n) is 15.3. The second-order valence-corrected chi connectivity index (χ2v) is 12.7. The van der Waals surface area contributed by atoms with E-state index in [4.69, 9.17) is 52.1 Å². The highest BCUT2D eigenvalue weighted by Gasteiger charge is 2.61. The molecule has 5 heterocycles. The van der Waals surface area contributed by atoms with Gasteiger partial charge in [0, 0.05) is 12.7 Å². The Hall–Kier alpha value is -2.00. The van der Waals surface area contributed by atoms with E-state index in [-0.39, 0.29) is 6.61 Å². The summed E-state index contributed by atoms with van der Waals surface area (Å²) < 4.78 is 69.8. The smallest absolute Gasteiger partial charge is 0.190 e. The Morgan fingerprint density at radius 2 is 1.43 bits per heavy atom. The molecule has 5 saturated heterocycles. The largest absolute Gasteiger partial charge is 0.365 e. The first kappa shape index (κ1) is 30.6. The van der Waals surface area contributed by atoms with Crippen LogP contribution in [0.4, 0.5) is 0 Å². The molecule has 0 bridgehead atoms. The van der Waals surface area contributed by atoms with Crippen LogP contribution in [0.3, 0.4) is 0 Å². The van der Waals surface area contributed by atoms with Gasteiger partial charge in [-0.15, -0.1) is 0 Å². The van der Waals surface area contributed by atoms with E-state index in [2.05, 4.69) is 0 Å². The molecular formula is C33H42O11. The molecule has 5 fully saturated rings. The number of hydrogen-bond donors (Lipinski definition) is 0. The van der Waals surface area contributed by atoms with Gasteiger partial charge in [-0.3, -0.25) is 0 Å². The van der Waals surface area contributed by atoms with Gasteiger partial charge in [0.1, 0.15) is 48.8 Å². The lowest BCUT2D eigenvalue weighted by molar-refractivity contribution is -0.375. The lowest BCUT2D eigenvalue weighted by Crippen LogP contribution is -2.65. The fraction of sp³-hybridized carbons (Fsp3) is 0.636. The third-order valence-corrected chi connectivity index (χ3v) is 8.61.